The Kier molecular flexibility index (Phi) is 12.3. The predicted octanol–water partition coefficient (Wildman–Crippen LogP) is -4.23. The fourth-order valence-electron chi connectivity index (χ4n) is 2.05. The zero-order valence-corrected chi connectivity index (χ0v) is 17.8. The molecule has 0 bridgehead atoms. The van der Waals surface area contributed by atoms with E-state index in [9.17, 15) is 20.4 Å². The normalized spacial score (nSPS) is 15.4. The zero-order valence-electron chi connectivity index (χ0n) is 14.1. The van der Waals surface area contributed by atoms with Crippen molar-refractivity contribution in [3.8, 4) is 5.75 Å². The van der Waals surface area contributed by atoms with Crippen LogP contribution in [0.15, 0.2) is 24.3 Å². The van der Waals surface area contributed by atoms with Crippen LogP contribution in [0.3, 0.4) is 0 Å². The van der Waals surface area contributed by atoms with Gasteiger partial charge in [0.2, 0.25) is 0 Å². The van der Waals surface area contributed by atoms with Crippen molar-refractivity contribution in [2.45, 2.75) is 31.0 Å². The van der Waals surface area contributed by atoms with Gasteiger partial charge < -0.3 is 60.0 Å². The molecule has 0 saturated carbocycles. The summed E-state index contributed by atoms with van der Waals surface area (Å²) >= 11 is 9.96. The topological polar surface area (TPSA) is 114 Å². The second kappa shape index (κ2) is 12.3. The summed E-state index contributed by atoms with van der Waals surface area (Å²) in [6, 6.07) is 7.17. The van der Waals surface area contributed by atoms with Crippen molar-refractivity contribution in [2.24, 2.45) is 0 Å². The van der Waals surface area contributed by atoms with Gasteiger partial charge in [-0.3, -0.25) is 0 Å². The van der Waals surface area contributed by atoms with Crippen molar-refractivity contribution in [1.29, 1.82) is 0 Å². The largest absolute Gasteiger partial charge is 1.00 e. The Balaban J connectivity index is 0.00000576. The molecule has 0 radical (unpaired) electrons. The van der Waals surface area contributed by atoms with Crippen molar-refractivity contribution < 1.29 is 59.8 Å². The Hall–Kier alpha value is -0.0700. The summed E-state index contributed by atoms with van der Waals surface area (Å²) in [6.07, 6.45) is -6.32. The average molecular weight is 399 g/mol. The molecule has 136 valence electrons. The van der Waals surface area contributed by atoms with E-state index in [1.807, 2.05) is 12.1 Å². The first-order chi connectivity index (χ1) is 11.3. The van der Waals surface area contributed by atoms with Gasteiger partial charge in [-0.15, -0.1) is 0 Å². The van der Waals surface area contributed by atoms with Gasteiger partial charge in [0.25, 0.3) is 0 Å². The molecule has 1 aromatic carbocycles. The van der Waals surface area contributed by atoms with Crippen molar-refractivity contribution in [3.05, 3.63) is 29.8 Å². The third-order valence-corrected chi connectivity index (χ3v) is 4.04. The number of benzene rings is 1. The molecule has 0 spiro atoms. The third kappa shape index (κ3) is 8.00. The maximum atomic E-state index is 10.0. The van der Waals surface area contributed by atoms with Gasteiger partial charge in [-0.25, -0.2) is 0 Å². The summed E-state index contributed by atoms with van der Waals surface area (Å²) in [4.78, 5) is 1.48. The SMILES string of the molecule is COc1ccc(CN(C[C@H](O)[C@@H](O)[C@H](O)[C@H](O)CO)C(=S)[S-])cc1.[Na+]. The van der Waals surface area contributed by atoms with Crippen molar-refractivity contribution in [2.75, 3.05) is 20.3 Å². The number of aliphatic hydroxyl groups is 5. The summed E-state index contributed by atoms with van der Waals surface area (Å²) in [6.45, 7) is -0.570. The first kappa shape index (κ1) is 24.9. The van der Waals surface area contributed by atoms with Crippen molar-refractivity contribution in [1.82, 2.24) is 4.90 Å². The number of methoxy groups -OCH3 is 1. The number of rotatable bonds is 9. The molecule has 25 heavy (non-hydrogen) atoms. The van der Waals surface area contributed by atoms with Crippen molar-refractivity contribution >= 4 is 29.2 Å². The van der Waals surface area contributed by atoms with Crippen LogP contribution < -0.4 is 34.3 Å². The van der Waals surface area contributed by atoms with E-state index in [0.29, 0.717) is 12.3 Å². The molecule has 0 heterocycles. The second-order valence-electron chi connectivity index (χ2n) is 5.29. The van der Waals surface area contributed by atoms with Crippen LogP contribution in [-0.2, 0) is 19.2 Å². The smallest absolute Gasteiger partial charge is 0.497 e. The van der Waals surface area contributed by atoms with E-state index in [-0.39, 0.29) is 40.4 Å². The fourth-order valence-corrected chi connectivity index (χ4v) is 2.33. The number of ether oxygens (including phenoxy) is 1. The van der Waals surface area contributed by atoms with E-state index in [0.717, 1.165) is 5.56 Å². The fraction of sp³-hybridized carbons (Fsp3) is 0.533. The Morgan fingerprint density at radius 1 is 1.12 bits per heavy atom. The molecule has 0 aliphatic heterocycles. The first-order valence-electron chi connectivity index (χ1n) is 7.22. The molecular weight excluding hydrogens is 377 g/mol. The number of nitrogens with zero attached hydrogens (tertiary/aromatic N) is 1. The molecule has 0 unspecified atom stereocenters. The van der Waals surface area contributed by atoms with Gasteiger partial charge in [0, 0.05) is 13.1 Å². The summed E-state index contributed by atoms with van der Waals surface area (Å²) in [5, 5.41) is 47.7. The number of hydrogen-bond donors (Lipinski definition) is 5. The molecule has 0 amide bonds. The molecular formula is C15H22NNaO6S2. The molecule has 10 heteroatoms. The minimum Gasteiger partial charge on any atom is -0.497 e. The van der Waals surface area contributed by atoms with Gasteiger partial charge in [-0.2, -0.15) is 0 Å². The number of aliphatic hydroxyl groups excluding tert-OH is 5. The molecule has 1 aromatic rings. The van der Waals surface area contributed by atoms with Crippen LogP contribution in [0.2, 0.25) is 0 Å². The number of hydrogen-bond acceptors (Lipinski definition) is 8. The van der Waals surface area contributed by atoms with E-state index in [1.54, 1.807) is 19.2 Å². The van der Waals surface area contributed by atoms with Gasteiger partial charge in [0.15, 0.2) is 0 Å². The summed E-state index contributed by atoms with van der Waals surface area (Å²) < 4.78 is 5.16. The minimum atomic E-state index is -1.69. The van der Waals surface area contributed by atoms with Crippen LogP contribution in [0, 0.1) is 0 Å². The second-order valence-corrected chi connectivity index (χ2v) is 6.32. The van der Waals surface area contributed by atoms with Crippen LogP contribution in [0.5, 0.6) is 5.75 Å². The Morgan fingerprint density at radius 2 is 1.64 bits per heavy atom. The molecule has 0 fully saturated rings. The predicted molar refractivity (Wildman–Crippen MR) is 94.5 cm³/mol. The molecule has 5 N–H and O–H groups in total. The maximum absolute atomic E-state index is 10.0. The Morgan fingerprint density at radius 3 is 2.08 bits per heavy atom. The first-order valence-corrected chi connectivity index (χ1v) is 8.03. The van der Waals surface area contributed by atoms with Crippen LogP contribution in [0.1, 0.15) is 5.56 Å². The van der Waals surface area contributed by atoms with E-state index >= 15 is 0 Å². The molecule has 4 atom stereocenters. The van der Waals surface area contributed by atoms with E-state index in [4.69, 9.17) is 34.7 Å². The zero-order chi connectivity index (χ0) is 18.3. The molecule has 0 saturated heterocycles. The molecule has 1 rings (SSSR count). The average Bonchev–Trinajstić information content (AvgIpc) is 2.59. The quantitative estimate of drug-likeness (QED) is 0.160. The molecule has 0 aliphatic rings. The maximum Gasteiger partial charge on any atom is 1.00 e. The van der Waals surface area contributed by atoms with Gasteiger partial charge in [0.1, 0.15) is 24.1 Å². The van der Waals surface area contributed by atoms with Gasteiger partial charge in [-0.1, -0.05) is 16.5 Å². The van der Waals surface area contributed by atoms with Crippen LogP contribution in [0.4, 0.5) is 0 Å². The van der Waals surface area contributed by atoms with Crippen LogP contribution >= 0.6 is 12.2 Å². The Bertz CT molecular complexity index is 521. The van der Waals surface area contributed by atoms with E-state index in [1.165, 1.54) is 4.90 Å². The van der Waals surface area contributed by atoms with E-state index in [2.05, 4.69) is 0 Å². The van der Waals surface area contributed by atoms with Crippen LogP contribution in [-0.4, -0.2) is 79.4 Å². The number of thiocarbonyl (C=S) groups is 1. The summed E-state index contributed by atoms with van der Waals surface area (Å²) in [5.41, 5.74) is 0.862. The monoisotopic (exact) mass is 399 g/mol. The van der Waals surface area contributed by atoms with E-state index < -0.39 is 31.0 Å². The van der Waals surface area contributed by atoms with Crippen LogP contribution in [0.25, 0.3) is 0 Å². The molecule has 0 aliphatic carbocycles. The summed E-state index contributed by atoms with van der Waals surface area (Å²) in [7, 11) is 1.56. The van der Waals surface area contributed by atoms with Gasteiger partial charge in [-0.05, 0) is 17.7 Å². The molecule has 7 nitrogen and oxygen atoms in total. The van der Waals surface area contributed by atoms with Gasteiger partial charge in [0.05, 0.1) is 19.8 Å². The van der Waals surface area contributed by atoms with Gasteiger partial charge >= 0.3 is 29.6 Å². The third-order valence-electron chi connectivity index (χ3n) is 3.52. The Labute approximate surface area is 179 Å². The molecule has 0 aromatic heterocycles. The standard InChI is InChI=1S/C15H23NO6S2.Na/c1-22-10-4-2-9(3-5-10)6-16(15(23)24)7-11(18)13(20)14(21)12(19)8-17;/h2-5,11-14,17-21H,6-8H2,1H3,(H,23,24);/q;+1/p-1/t11-,12+,13+,14+;/m0./s1. The summed E-state index contributed by atoms with van der Waals surface area (Å²) in [5.74, 6) is 0.697. The van der Waals surface area contributed by atoms with Crippen molar-refractivity contribution in [3.63, 3.8) is 0 Å². The minimum absolute atomic E-state index is 0.